The number of nitrogens with two attached hydrogens (primary N) is 1. The smallest absolute Gasteiger partial charge is 0.337 e. The monoisotopic (exact) mass is 249 g/mol. The number of aliphatic hydroxyl groups is 1. The maximum atomic E-state index is 11.2. The summed E-state index contributed by atoms with van der Waals surface area (Å²) in [5, 5.41) is 35.3. The van der Waals surface area contributed by atoms with E-state index in [0.717, 1.165) is 0 Å². The van der Waals surface area contributed by atoms with Gasteiger partial charge in [0.2, 0.25) is 0 Å². The summed E-state index contributed by atoms with van der Waals surface area (Å²) in [4.78, 5) is 43.1. The van der Waals surface area contributed by atoms with Gasteiger partial charge in [0.25, 0.3) is 0 Å². The molecule has 0 saturated heterocycles. The second-order valence-electron chi connectivity index (χ2n) is 3.24. The molecule has 0 radical (unpaired) electrons. The molecular formula is C8H11NO8. The molecule has 0 amide bonds. The van der Waals surface area contributed by atoms with Gasteiger partial charge in [-0.2, -0.15) is 0 Å². The maximum Gasteiger partial charge on any atom is 0.337 e. The predicted molar refractivity (Wildman–Crippen MR) is 50.0 cm³/mol. The van der Waals surface area contributed by atoms with Gasteiger partial charge in [-0.05, 0) is 0 Å². The number of carboxylic acid groups (broad SMARTS) is 3. The minimum absolute atomic E-state index is 0.827. The normalized spacial score (nSPS) is 15.6. The van der Waals surface area contributed by atoms with Gasteiger partial charge in [0.15, 0.2) is 17.3 Å². The molecule has 17 heavy (non-hydrogen) atoms. The Bertz CT molecular complexity index is 365. The van der Waals surface area contributed by atoms with Crippen molar-refractivity contribution in [1.82, 2.24) is 0 Å². The molecule has 9 heteroatoms. The molecule has 0 bridgehead atoms. The van der Waals surface area contributed by atoms with E-state index in [9.17, 15) is 24.3 Å². The Hall–Kier alpha value is -2.00. The van der Waals surface area contributed by atoms with E-state index >= 15 is 0 Å². The molecule has 0 aliphatic carbocycles. The Morgan fingerprint density at radius 3 is 1.82 bits per heavy atom. The lowest BCUT2D eigenvalue weighted by Crippen LogP contribution is -2.55. The van der Waals surface area contributed by atoms with Gasteiger partial charge >= 0.3 is 17.9 Å². The molecule has 96 valence electrons. The quantitative estimate of drug-likeness (QED) is 0.305. The standard InChI is InChI=1S/C8H11NO8/c9-2-3(10)5(6(13)14)8(17,7(15)16)1-4(11)12/h5,17H,1-2,9H2,(H,11,12)(H,13,14)(H,15,16). The van der Waals surface area contributed by atoms with E-state index in [4.69, 9.17) is 21.1 Å². The van der Waals surface area contributed by atoms with Gasteiger partial charge in [-0.1, -0.05) is 0 Å². The molecule has 6 N–H and O–H groups in total. The summed E-state index contributed by atoms with van der Waals surface area (Å²) < 4.78 is 0. The first-order valence-electron chi connectivity index (χ1n) is 4.30. The maximum absolute atomic E-state index is 11.2. The molecule has 0 fully saturated rings. The lowest BCUT2D eigenvalue weighted by atomic mass is 9.81. The lowest BCUT2D eigenvalue weighted by molar-refractivity contribution is -0.180. The molecule has 0 aliphatic heterocycles. The molecule has 2 atom stereocenters. The van der Waals surface area contributed by atoms with Crippen molar-refractivity contribution in [1.29, 1.82) is 0 Å². The van der Waals surface area contributed by atoms with E-state index in [1.165, 1.54) is 0 Å². The average molecular weight is 249 g/mol. The van der Waals surface area contributed by atoms with Crippen LogP contribution in [0.2, 0.25) is 0 Å². The SMILES string of the molecule is NCC(=O)C(C(=O)O)C(O)(CC(=O)O)C(=O)O. The third kappa shape index (κ3) is 3.23. The molecule has 0 aromatic heterocycles. The lowest BCUT2D eigenvalue weighted by Gasteiger charge is -2.26. The Morgan fingerprint density at radius 1 is 1.12 bits per heavy atom. The summed E-state index contributed by atoms with van der Waals surface area (Å²) in [6.45, 7) is -0.827. The van der Waals surface area contributed by atoms with E-state index < -0.39 is 48.2 Å². The fraction of sp³-hybridized carbons (Fsp3) is 0.500. The number of hydrogen-bond donors (Lipinski definition) is 5. The Morgan fingerprint density at radius 2 is 1.59 bits per heavy atom. The van der Waals surface area contributed by atoms with Crippen LogP contribution in [0.5, 0.6) is 0 Å². The van der Waals surface area contributed by atoms with Crippen LogP contribution < -0.4 is 5.73 Å². The van der Waals surface area contributed by atoms with Gasteiger partial charge in [0.05, 0.1) is 13.0 Å². The minimum Gasteiger partial charge on any atom is -0.481 e. The van der Waals surface area contributed by atoms with Gasteiger partial charge in [-0.25, -0.2) is 4.79 Å². The topological polar surface area (TPSA) is 175 Å². The third-order valence-corrected chi connectivity index (χ3v) is 2.04. The van der Waals surface area contributed by atoms with Crippen molar-refractivity contribution in [2.24, 2.45) is 11.7 Å². The molecule has 0 rings (SSSR count). The van der Waals surface area contributed by atoms with Crippen LogP contribution in [0.25, 0.3) is 0 Å². The first kappa shape index (κ1) is 15.0. The fourth-order valence-corrected chi connectivity index (χ4v) is 1.26. The number of hydrogen-bond acceptors (Lipinski definition) is 6. The van der Waals surface area contributed by atoms with E-state index in [1.807, 2.05) is 0 Å². The largest absolute Gasteiger partial charge is 0.481 e. The first-order chi connectivity index (χ1) is 7.66. The van der Waals surface area contributed by atoms with Crippen molar-refractivity contribution >= 4 is 23.7 Å². The Balaban J connectivity index is 5.53. The van der Waals surface area contributed by atoms with E-state index in [0.29, 0.717) is 0 Å². The highest BCUT2D eigenvalue weighted by atomic mass is 16.4. The number of rotatable bonds is 7. The number of carbonyl (C=O) groups excluding carboxylic acids is 1. The molecule has 0 aromatic carbocycles. The highest BCUT2D eigenvalue weighted by Crippen LogP contribution is 2.24. The summed E-state index contributed by atoms with van der Waals surface area (Å²) in [5.41, 5.74) is 1.65. The first-order valence-corrected chi connectivity index (χ1v) is 4.30. The highest BCUT2D eigenvalue weighted by molar-refractivity contribution is 6.06. The second-order valence-corrected chi connectivity index (χ2v) is 3.24. The van der Waals surface area contributed by atoms with E-state index in [1.54, 1.807) is 0 Å². The zero-order valence-electron chi connectivity index (χ0n) is 8.49. The summed E-state index contributed by atoms with van der Waals surface area (Å²) in [5.74, 6) is -9.53. The molecule has 0 saturated carbocycles. The molecular weight excluding hydrogens is 238 g/mol. The van der Waals surface area contributed by atoms with Crippen molar-refractivity contribution in [2.75, 3.05) is 6.54 Å². The molecule has 2 unspecified atom stereocenters. The number of carboxylic acids is 3. The summed E-state index contributed by atoms with van der Waals surface area (Å²) in [6.07, 6.45) is -1.43. The van der Waals surface area contributed by atoms with Crippen molar-refractivity contribution < 1.29 is 39.6 Å². The van der Waals surface area contributed by atoms with Crippen LogP contribution in [-0.4, -0.2) is 56.3 Å². The van der Waals surface area contributed by atoms with E-state index in [2.05, 4.69) is 0 Å². The van der Waals surface area contributed by atoms with Crippen molar-refractivity contribution in [3.8, 4) is 0 Å². The number of aliphatic carboxylic acids is 3. The van der Waals surface area contributed by atoms with E-state index in [-0.39, 0.29) is 0 Å². The molecule has 0 aliphatic rings. The van der Waals surface area contributed by atoms with Gasteiger partial charge in [0.1, 0.15) is 0 Å². The van der Waals surface area contributed by atoms with Crippen molar-refractivity contribution in [2.45, 2.75) is 12.0 Å². The van der Waals surface area contributed by atoms with Crippen LogP contribution in [0.3, 0.4) is 0 Å². The average Bonchev–Trinajstić information content (AvgIpc) is 2.15. The zero-order valence-corrected chi connectivity index (χ0v) is 8.49. The van der Waals surface area contributed by atoms with Crippen LogP contribution in [0, 0.1) is 5.92 Å². The van der Waals surface area contributed by atoms with Gasteiger partial charge in [-0.3, -0.25) is 14.4 Å². The molecule has 9 nitrogen and oxygen atoms in total. The van der Waals surface area contributed by atoms with Gasteiger partial charge < -0.3 is 26.2 Å². The molecule has 0 heterocycles. The molecule has 0 aromatic rings. The Labute approximate surface area is 94.5 Å². The zero-order chi connectivity index (χ0) is 13.8. The summed E-state index contributed by atoms with van der Waals surface area (Å²) in [6, 6.07) is 0. The minimum atomic E-state index is -3.23. The summed E-state index contributed by atoms with van der Waals surface area (Å²) in [7, 11) is 0. The van der Waals surface area contributed by atoms with Gasteiger partial charge in [-0.15, -0.1) is 0 Å². The molecule has 0 spiro atoms. The van der Waals surface area contributed by atoms with Crippen LogP contribution in [0.1, 0.15) is 6.42 Å². The van der Waals surface area contributed by atoms with Crippen molar-refractivity contribution in [3.63, 3.8) is 0 Å². The fourth-order valence-electron chi connectivity index (χ4n) is 1.26. The van der Waals surface area contributed by atoms with Gasteiger partial charge in [0, 0.05) is 0 Å². The summed E-state index contributed by atoms with van der Waals surface area (Å²) >= 11 is 0. The van der Waals surface area contributed by atoms with Crippen molar-refractivity contribution in [3.05, 3.63) is 0 Å². The number of ketones is 1. The van der Waals surface area contributed by atoms with Crippen LogP contribution in [0.15, 0.2) is 0 Å². The van der Waals surface area contributed by atoms with Crippen LogP contribution >= 0.6 is 0 Å². The predicted octanol–water partition coefficient (Wildman–Crippen LogP) is -2.49. The van der Waals surface area contributed by atoms with Crippen LogP contribution in [0.4, 0.5) is 0 Å². The number of carbonyl (C=O) groups is 4. The third-order valence-electron chi connectivity index (χ3n) is 2.04. The second kappa shape index (κ2) is 5.37. The Kier molecular flexibility index (Phi) is 4.73. The number of Topliss-reactive ketones (excluding diaryl/α,β-unsaturated/α-hetero) is 1. The highest BCUT2D eigenvalue weighted by Gasteiger charge is 2.53. The van der Waals surface area contributed by atoms with Crippen LogP contribution in [-0.2, 0) is 19.2 Å².